The van der Waals surface area contributed by atoms with Crippen molar-refractivity contribution in [1.29, 1.82) is 0 Å². The third kappa shape index (κ3) is 4.98. The van der Waals surface area contributed by atoms with E-state index in [9.17, 15) is 9.59 Å². The highest BCUT2D eigenvalue weighted by molar-refractivity contribution is 6.02. The van der Waals surface area contributed by atoms with E-state index in [0.717, 1.165) is 43.5 Å². The lowest BCUT2D eigenvalue weighted by atomic mass is 10.2. The molecule has 0 radical (unpaired) electrons. The lowest BCUT2D eigenvalue weighted by molar-refractivity contribution is 0.101. The molecule has 5 rings (SSSR count). The molecule has 1 saturated heterocycles. The van der Waals surface area contributed by atoms with Crippen LogP contribution in [0.25, 0.3) is 5.69 Å². The topological polar surface area (TPSA) is 70.5 Å². The number of benzene rings is 2. The third-order valence-electron chi connectivity index (χ3n) is 6.38. The third-order valence-corrected chi connectivity index (χ3v) is 6.38. The smallest absolute Gasteiger partial charge is 0.280 e. The quantitative estimate of drug-likeness (QED) is 0.633. The SMILES string of the molecule is Cc1cc(=O)c(C(=O)Nc2cccc(N3CCN(CC4CC4)CC3)c2)nn1-c1ccccc1. The second-order valence-electron chi connectivity index (χ2n) is 8.98. The maximum Gasteiger partial charge on any atom is 0.280 e. The number of hydrogen-bond donors (Lipinski definition) is 1. The minimum atomic E-state index is -0.504. The molecule has 3 aromatic rings. The van der Waals surface area contributed by atoms with Gasteiger partial charge in [-0.2, -0.15) is 5.10 Å². The van der Waals surface area contributed by atoms with Crippen LogP contribution >= 0.6 is 0 Å². The van der Waals surface area contributed by atoms with Crippen molar-refractivity contribution in [3.8, 4) is 5.69 Å². The van der Waals surface area contributed by atoms with Crippen LogP contribution in [0.1, 0.15) is 29.0 Å². The van der Waals surface area contributed by atoms with Crippen molar-refractivity contribution in [3.63, 3.8) is 0 Å². The maximum absolute atomic E-state index is 13.0. The fourth-order valence-corrected chi connectivity index (χ4v) is 4.36. The largest absolute Gasteiger partial charge is 0.369 e. The average Bonchev–Trinajstić information content (AvgIpc) is 3.64. The van der Waals surface area contributed by atoms with Crippen LogP contribution in [-0.2, 0) is 0 Å². The number of nitrogens with one attached hydrogen (secondary N) is 1. The van der Waals surface area contributed by atoms with Crippen molar-refractivity contribution in [3.05, 3.63) is 82.3 Å². The Morgan fingerprint density at radius 2 is 1.70 bits per heavy atom. The fraction of sp³-hybridized carbons (Fsp3) is 0.346. The average molecular weight is 444 g/mol. The fourth-order valence-electron chi connectivity index (χ4n) is 4.36. The van der Waals surface area contributed by atoms with E-state index in [1.54, 1.807) is 11.6 Å². The Kier molecular flexibility index (Phi) is 5.96. The standard InChI is InChI=1S/C26H29N5O2/c1-19-16-24(32)25(28-31(19)22-7-3-2-4-8-22)26(33)27-21-6-5-9-23(17-21)30-14-12-29(13-15-30)18-20-10-11-20/h2-9,16-17,20H,10-15,18H2,1H3,(H,27,33). The number of para-hydroxylation sites is 1. The Morgan fingerprint density at radius 3 is 2.42 bits per heavy atom. The molecule has 1 aromatic heterocycles. The molecule has 1 aliphatic heterocycles. The maximum atomic E-state index is 13.0. The molecule has 2 heterocycles. The van der Waals surface area contributed by atoms with Crippen molar-refractivity contribution in [1.82, 2.24) is 14.7 Å². The Bertz CT molecular complexity index is 1190. The van der Waals surface area contributed by atoms with Gasteiger partial charge in [0.15, 0.2) is 5.69 Å². The highest BCUT2D eigenvalue weighted by Crippen LogP contribution is 2.30. The molecular formula is C26H29N5O2. The van der Waals surface area contributed by atoms with E-state index in [4.69, 9.17) is 0 Å². The van der Waals surface area contributed by atoms with Gasteiger partial charge in [-0.25, -0.2) is 4.68 Å². The van der Waals surface area contributed by atoms with E-state index in [1.165, 1.54) is 25.5 Å². The molecule has 2 aliphatic rings. The highest BCUT2D eigenvalue weighted by atomic mass is 16.2. The van der Waals surface area contributed by atoms with Crippen LogP contribution in [0.4, 0.5) is 11.4 Å². The zero-order valence-electron chi connectivity index (χ0n) is 18.9. The first-order chi connectivity index (χ1) is 16.1. The molecule has 0 atom stereocenters. The van der Waals surface area contributed by atoms with E-state index in [1.807, 2.05) is 48.5 Å². The number of carbonyl (C=O) groups is 1. The number of aryl methyl sites for hydroxylation is 1. The van der Waals surface area contributed by atoms with Gasteiger partial charge in [-0.05, 0) is 56.0 Å². The number of piperazine rings is 1. The van der Waals surface area contributed by atoms with Crippen LogP contribution in [0.2, 0.25) is 0 Å². The summed E-state index contributed by atoms with van der Waals surface area (Å²) in [5.74, 6) is 0.410. The molecule has 170 valence electrons. The van der Waals surface area contributed by atoms with E-state index < -0.39 is 5.91 Å². The molecule has 0 bridgehead atoms. The molecule has 2 fully saturated rings. The number of hydrogen-bond acceptors (Lipinski definition) is 5. The van der Waals surface area contributed by atoms with Gasteiger partial charge in [-0.15, -0.1) is 0 Å². The Hall–Kier alpha value is -3.45. The summed E-state index contributed by atoms with van der Waals surface area (Å²) in [7, 11) is 0. The summed E-state index contributed by atoms with van der Waals surface area (Å²) in [6, 6.07) is 18.7. The molecule has 1 saturated carbocycles. The number of nitrogens with zero attached hydrogens (tertiary/aromatic N) is 4. The van der Waals surface area contributed by atoms with Crippen molar-refractivity contribution in [2.24, 2.45) is 5.92 Å². The van der Waals surface area contributed by atoms with Gasteiger partial charge in [0.25, 0.3) is 5.91 Å². The lowest BCUT2D eigenvalue weighted by Gasteiger charge is -2.36. The molecule has 33 heavy (non-hydrogen) atoms. The first-order valence-electron chi connectivity index (χ1n) is 11.6. The molecule has 7 heteroatoms. The molecule has 1 amide bonds. The molecule has 0 spiro atoms. The monoisotopic (exact) mass is 443 g/mol. The van der Waals surface area contributed by atoms with Crippen molar-refractivity contribution < 1.29 is 4.79 Å². The van der Waals surface area contributed by atoms with Crippen LogP contribution in [-0.4, -0.2) is 53.3 Å². The van der Waals surface area contributed by atoms with Gasteiger partial charge < -0.3 is 10.2 Å². The van der Waals surface area contributed by atoms with Gasteiger partial charge >= 0.3 is 0 Å². The minimum Gasteiger partial charge on any atom is -0.369 e. The van der Waals surface area contributed by atoms with Crippen molar-refractivity contribution >= 4 is 17.3 Å². The van der Waals surface area contributed by atoms with Gasteiger partial charge in [0, 0.05) is 55.9 Å². The number of rotatable bonds is 6. The summed E-state index contributed by atoms with van der Waals surface area (Å²) in [5.41, 5.74) is 2.70. The number of anilines is 2. The van der Waals surface area contributed by atoms with Crippen LogP contribution < -0.4 is 15.6 Å². The van der Waals surface area contributed by atoms with Crippen LogP contribution in [0, 0.1) is 12.8 Å². The number of aromatic nitrogens is 2. The zero-order valence-corrected chi connectivity index (χ0v) is 18.9. The normalized spacial score (nSPS) is 16.6. The molecule has 7 nitrogen and oxygen atoms in total. The van der Waals surface area contributed by atoms with Gasteiger partial charge in [0.1, 0.15) is 0 Å². The van der Waals surface area contributed by atoms with Crippen molar-refractivity contribution in [2.45, 2.75) is 19.8 Å². The van der Waals surface area contributed by atoms with Gasteiger partial charge in [-0.3, -0.25) is 14.5 Å². The van der Waals surface area contributed by atoms with E-state index in [2.05, 4.69) is 26.3 Å². The van der Waals surface area contributed by atoms with E-state index in [-0.39, 0.29) is 11.1 Å². The number of amides is 1. The molecule has 2 aromatic carbocycles. The Morgan fingerprint density at radius 1 is 0.970 bits per heavy atom. The van der Waals surface area contributed by atoms with Crippen LogP contribution in [0.15, 0.2) is 65.5 Å². The van der Waals surface area contributed by atoms with Gasteiger partial charge in [-0.1, -0.05) is 24.3 Å². The first kappa shape index (κ1) is 21.4. The second-order valence-corrected chi connectivity index (χ2v) is 8.98. The predicted molar refractivity (Wildman–Crippen MR) is 130 cm³/mol. The minimum absolute atomic E-state index is 0.122. The Balaban J connectivity index is 1.30. The summed E-state index contributed by atoms with van der Waals surface area (Å²) in [6.07, 6.45) is 2.77. The summed E-state index contributed by atoms with van der Waals surface area (Å²) >= 11 is 0. The summed E-state index contributed by atoms with van der Waals surface area (Å²) < 4.78 is 1.62. The van der Waals surface area contributed by atoms with Gasteiger partial charge in [0.2, 0.25) is 5.43 Å². The summed E-state index contributed by atoms with van der Waals surface area (Å²) in [6.45, 7) is 7.13. The zero-order chi connectivity index (χ0) is 22.8. The summed E-state index contributed by atoms with van der Waals surface area (Å²) in [4.78, 5) is 30.4. The predicted octanol–water partition coefficient (Wildman–Crippen LogP) is 3.33. The van der Waals surface area contributed by atoms with Crippen molar-refractivity contribution in [2.75, 3.05) is 42.9 Å². The van der Waals surface area contributed by atoms with Crippen LogP contribution in [0.5, 0.6) is 0 Å². The molecule has 0 unspecified atom stereocenters. The lowest BCUT2D eigenvalue weighted by Crippen LogP contribution is -2.47. The Labute approximate surface area is 193 Å². The molecule has 1 N–H and O–H groups in total. The van der Waals surface area contributed by atoms with Crippen LogP contribution in [0.3, 0.4) is 0 Å². The highest BCUT2D eigenvalue weighted by Gasteiger charge is 2.26. The molecule has 1 aliphatic carbocycles. The second kappa shape index (κ2) is 9.19. The summed E-state index contributed by atoms with van der Waals surface area (Å²) in [5, 5.41) is 7.23. The first-order valence-corrected chi connectivity index (χ1v) is 11.6. The van der Waals surface area contributed by atoms with E-state index in [0.29, 0.717) is 11.4 Å². The number of carbonyl (C=O) groups excluding carboxylic acids is 1. The molecular weight excluding hydrogens is 414 g/mol. The van der Waals surface area contributed by atoms with Gasteiger partial charge in [0.05, 0.1) is 5.69 Å². The van der Waals surface area contributed by atoms with E-state index >= 15 is 0 Å².